The molecule has 0 atom stereocenters. The lowest BCUT2D eigenvalue weighted by atomic mass is 10.1. The molecule has 0 radical (unpaired) electrons. The van der Waals surface area contributed by atoms with E-state index in [2.05, 4.69) is 36.7 Å². The van der Waals surface area contributed by atoms with Crippen LogP contribution < -0.4 is 5.43 Å². The Morgan fingerprint density at radius 1 is 1.21 bits per heavy atom. The summed E-state index contributed by atoms with van der Waals surface area (Å²) in [6.45, 7) is 0. The van der Waals surface area contributed by atoms with Gasteiger partial charge in [0, 0.05) is 10.0 Å². The number of halogens is 1. The number of hydrazone groups is 1. The van der Waals surface area contributed by atoms with Gasteiger partial charge in [0.25, 0.3) is 5.91 Å². The van der Waals surface area contributed by atoms with Crippen molar-refractivity contribution in [3.63, 3.8) is 0 Å². The van der Waals surface area contributed by atoms with Gasteiger partial charge in [-0.3, -0.25) is 9.89 Å². The first-order chi connectivity index (χ1) is 11.6. The van der Waals surface area contributed by atoms with E-state index in [1.165, 1.54) is 12.3 Å². The van der Waals surface area contributed by atoms with Crippen molar-refractivity contribution in [2.45, 2.75) is 0 Å². The van der Waals surface area contributed by atoms with Gasteiger partial charge < -0.3 is 5.11 Å². The molecule has 0 fully saturated rings. The minimum absolute atomic E-state index is 0.137. The Hall–Kier alpha value is -2.93. The van der Waals surface area contributed by atoms with E-state index < -0.39 is 5.91 Å². The normalized spacial score (nSPS) is 10.9. The maximum absolute atomic E-state index is 12.0. The molecule has 0 spiro atoms. The van der Waals surface area contributed by atoms with Gasteiger partial charge in [0.2, 0.25) is 0 Å². The van der Waals surface area contributed by atoms with E-state index in [0.717, 1.165) is 10.0 Å². The summed E-state index contributed by atoms with van der Waals surface area (Å²) < 4.78 is 0.973. The molecule has 120 valence electrons. The highest BCUT2D eigenvalue weighted by Gasteiger charge is 2.10. The molecule has 1 heterocycles. The molecule has 0 aliphatic rings. The summed E-state index contributed by atoms with van der Waals surface area (Å²) in [5, 5.41) is 20.0. The average molecular weight is 385 g/mol. The number of hydrogen-bond acceptors (Lipinski definition) is 4. The van der Waals surface area contributed by atoms with Gasteiger partial charge in [-0.25, -0.2) is 5.43 Å². The summed E-state index contributed by atoms with van der Waals surface area (Å²) >= 11 is 3.37. The second-order valence-electron chi connectivity index (χ2n) is 4.97. The number of hydrogen-bond donors (Lipinski definition) is 3. The van der Waals surface area contributed by atoms with Crippen LogP contribution in [0.1, 0.15) is 16.1 Å². The molecule has 7 heteroatoms. The fourth-order valence-corrected chi connectivity index (χ4v) is 2.30. The van der Waals surface area contributed by atoms with E-state index in [0.29, 0.717) is 17.0 Å². The smallest absolute Gasteiger partial charge is 0.289 e. The van der Waals surface area contributed by atoms with Gasteiger partial charge in [-0.15, -0.1) is 0 Å². The third-order valence-electron chi connectivity index (χ3n) is 3.21. The summed E-state index contributed by atoms with van der Waals surface area (Å²) in [6, 6.07) is 15.8. The van der Waals surface area contributed by atoms with E-state index in [4.69, 9.17) is 0 Å². The molecule has 24 heavy (non-hydrogen) atoms. The first-order valence-electron chi connectivity index (χ1n) is 7.05. The highest BCUT2D eigenvalue weighted by Crippen LogP contribution is 2.20. The molecule has 3 aromatic rings. The molecule has 0 bridgehead atoms. The minimum atomic E-state index is -0.401. The Kier molecular flexibility index (Phi) is 4.72. The SMILES string of the molecule is O=C(N/N=C\c1cccc(O)c1)c1cc(-c2ccc(Br)cc2)n[nH]1. The summed E-state index contributed by atoms with van der Waals surface area (Å²) in [5.74, 6) is -0.264. The Morgan fingerprint density at radius 3 is 2.75 bits per heavy atom. The van der Waals surface area contributed by atoms with Gasteiger partial charge in [-0.05, 0) is 35.9 Å². The standard InChI is InChI=1S/C17H13BrN4O2/c18-13-6-4-12(5-7-13)15-9-16(21-20-15)17(24)22-19-10-11-2-1-3-14(23)8-11/h1-10,23H,(H,20,21)(H,22,24)/b19-10-. The third kappa shape index (κ3) is 3.88. The van der Waals surface area contributed by atoms with Crippen LogP contribution in [0.4, 0.5) is 0 Å². The Morgan fingerprint density at radius 2 is 2.00 bits per heavy atom. The first kappa shape index (κ1) is 15.9. The zero-order chi connectivity index (χ0) is 16.9. The lowest BCUT2D eigenvalue weighted by Gasteiger charge is -1.97. The van der Waals surface area contributed by atoms with E-state index in [1.54, 1.807) is 24.3 Å². The number of carbonyl (C=O) groups excluding carboxylic acids is 1. The number of nitrogens with zero attached hydrogens (tertiary/aromatic N) is 2. The molecular weight excluding hydrogens is 372 g/mol. The summed E-state index contributed by atoms with van der Waals surface area (Å²) in [7, 11) is 0. The Bertz CT molecular complexity index is 888. The highest BCUT2D eigenvalue weighted by atomic mass is 79.9. The quantitative estimate of drug-likeness (QED) is 0.476. The van der Waals surface area contributed by atoms with Gasteiger partial charge in [-0.1, -0.05) is 40.2 Å². The first-order valence-corrected chi connectivity index (χ1v) is 7.85. The predicted molar refractivity (Wildman–Crippen MR) is 94.9 cm³/mol. The maximum Gasteiger partial charge on any atom is 0.289 e. The predicted octanol–water partition coefficient (Wildman–Crippen LogP) is 3.31. The van der Waals surface area contributed by atoms with Gasteiger partial charge in [0.1, 0.15) is 11.4 Å². The van der Waals surface area contributed by atoms with Crippen molar-refractivity contribution in [2.75, 3.05) is 0 Å². The molecule has 1 aromatic heterocycles. The number of H-pyrrole nitrogens is 1. The average Bonchev–Trinajstić information content (AvgIpc) is 3.05. The van der Waals surface area contributed by atoms with Crippen molar-refractivity contribution in [1.82, 2.24) is 15.6 Å². The van der Waals surface area contributed by atoms with E-state index in [-0.39, 0.29) is 5.75 Å². The van der Waals surface area contributed by atoms with Gasteiger partial charge >= 0.3 is 0 Å². The number of phenols is 1. The van der Waals surface area contributed by atoms with Crippen molar-refractivity contribution >= 4 is 28.1 Å². The van der Waals surface area contributed by atoms with Crippen LogP contribution in [0.25, 0.3) is 11.3 Å². The second-order valence-corrected chi connectivity index (χ2v) is 5.88. The lowest BCUT2D eigenvalue weighted by molar-refractivity contribution is 0.0950. The fourth-order valence-electron chi connectivity index (χ4n) is 2.04. The van der Waals surface area contributed by atoms with Crippen LogP contribution >= 0.6 is 15.9 Å². The molecular formula is C17H13BrN4O2. The van der Waals surface area contributed by atoms with Crippen molar-refractivity contribution < 1.29 is 9.90 Å². The largest absolute Gasteiger partial charge is 0.508 e. The van der Waals surface area contributed by atoms with Crippen LogP contribution in [0, 0.1) is 0 Å². The number of carbonyl (C=O) groups is 1. The molecule has 2 aromatic carbocycles. The van der Waals surface area contributed by atoms with Gasteiger partial charge in [0.15, 0.2) is 0 Å². The van der Waals surface area contributed by atoms with E-state index in [1.807, 2.05) is 24.3 Å². The summed E-state index contributed by atoms with van der Waals surface area (Å²) in [5.41, 5.74) is 4.96. The number of aromatic hydroxyl groups is 1. The topological polar surface area (TPSA) is 90.4 Å². The zero-order valence-corrected chi connectivity index (χ0v) is 14.0. The Labute approximate surface area is 146 Å². The number of aromatic amines is 1. The minimum Gasteiger partial charge on any atom is -0.508 e. The number of phenolic OH excluding ortho intramolecular Hbond substituents is 1. The number of amides is 1. The monoisotopic (exact) mass is 384 g/mol. The molecule has 6 nitrogen and oxygen atoms in total. The van der Waals surface area contributed by atoms with Crippen LogP contribution in [-0.4, -0.2) is 27.4 Å². The number of aromatic nitrogens is 2. The van der Waals surface area contributed by atoms with E-state index >= 15 is 0 Å². The second kappa shape index (κ2) is 7.10. The van der Waals surface area contributed by atoms with Crippen molar-refractivity contribution in [2.24, 2.45) is 5.10 Å². The third-order valence-corrected chi connectivity index (χ3v) is 3.74. The highest BCUT2D eigenvalue weighted by molar-refractivity contribution is 9.10. The van der Waals surface area contributed by atoms with Crippen LogP contribution in [-0.2, 0) is 0 Å². The maximum atomic E-state index is 12.0. The summed E-state index contributed by atoms with van der Waals surface area (Å²) in [6.07, 6.45) is 1.45. The van der Waals surface area contributed by atoms with Crippen LogP contribution in [0.15, 0.2) is 64.2 Å². The molecule has 3 N–H and O–H groups in total. The van der Waals surface area contributed by atoms with Gasteiger partial charge in [0.05, 0.1) is 11.9 Å². The van der Waals surface area contributed by atoms with E-state index in [9.17, 15) is 9.90 Å². The fraction of sp³-hybridized carbons (Fsp3) is 0. The van der Waals surface area contributed by atoms with Crippen LogP contribution in [0.3, 0.4) is 0 Å². The summed E-state index contributed by atoms with van der Waals surface area (Å²) in [4.78, 5) is 12.0. The lowest BCUT2D eigenvalue weighted by Crippen LogP contribution is -2.17. The van der Waals surface area contributed by atoms with Crippen molar-refractivity contribution in [1.29, 1.82) is 0 Å². The van der Waals surface area contributed by atoms with Crippen molar-refractivity contribution in [3.05, 3.63) is 70.3 Å². The molecule has 0 aliphatic heterocycles. The zero-order valence-electron chi connectivity index (χ0n) is 12.4. The van der Waals surface area contributed by atoms with Gasteiger partial charge in [-0.2, -0.15) is 10.2 Å². The number of nitrogens with one attached hydrogen (secondary N) is 2. The molecule has 0 saturated carbocycles. The van der Waals surface area contributed by atoms with Crippen molar-refractivity contribution in [3.8, 4) is 17.0 Å². The number of benzene rings is 2. The number of rotatable bonds is 4. The Balaban J connectivity index is 1.66. The molecule has 0 unspecified atom stereocenters. The molecule has 1 amide bonds. The van der Waals surface area contributed by atoms with Crippen LogP contribution in [0.2, 0.25) is 0 Å². The molecule has 0 aliphatic carbocycles. The molecule has 3 rings (SSSR count). The van der Waals surface area contributed by atoms with Crippen LogP contribution in [0.5, 0.6) is 5.75 Å². The molecule has 0 saturated heterocycles.